The van der Waals surface area contributed by atoms with Gasteiger partial charge < -0.3 is 14.7 Å². The van der Waals surface area contributed by atoms with Crippen LogP contribution in [0.4, 0.5) is 0 Å². The maximum atomic E-state index is 11.4. The average molecular weight is 187 g/mol. The van der Waals surface area contributed by atoms with Gasteiger partial charge in [0.15, 0.2) is 0 Å². The Labute approximate surface area is 78.5 Å². The summed E-state index contributed by atoms with van der Waals surface area (Å²) in [5.74, 6) is 0.421. The quantitative estimate of drug-likeness (QED) is 0.666. The molecule has 1 aliphatic heterocycles. The van der Waals surface area contributed by atoms with E-state index < -0.39 is 0 Å². The van der Waals surface area contributed by atoms with Crippen molar-refractivity contribution in [2.24, 2.45) is 5.92 Å². The highest BCUT2D eigenvalue weighted by atomic mass is 16.5. The van der Waals surface area contributed by atoms with Crippen LogP contribution in [0.25, 0.3) is 0 Å². The Morgan fingerprint density at radius 2 is 2.46 bits per heavy atom. The molecule has 0 aromatic carbocycles. The second-order valence-electron chi connectivity index (χ2n) is 3.42. The summed E-state index contributed by atoms with van der Waals surface area (Å²) < 4.78 is 4.83. The van der Waals surface area contributed by atoms with Crippen LogP contribution in [0.1, 0.15) is 12.8 Å². The molecule has 0 aromatic heterocycles. The second-order valence-corrected chi connectivity index (χ2v) is 3.42. The highest BCUT2D eigenvalue weighted by molar-refractivity contribution is 5.76. The van der Waals surface area contributed by atoms with Crippen molar-refractivity contribution < 1.29 is 14.6 Å². The summed E-state index contributed by atoms with van der Waals surface area (Å²) in [5, 5.41) is 8.88. The lowest BCUT2D eigenvalue weighted by molar-refractivity contribution is -0.131. The first-order chi connectivity index (χ1) is 6.27. The van der Waals surface area contributed by atoms with Gasteiger partial charge in [-0.1, -0.05) is 0 Å². The summed E-state index contributed by atoms with van der Waals surface area (Å²) in [4.78, 5) is 13.2. The molecular weight excluding hydrogens is 170 g/mol. The van der Waals surface area contributed by atoms with E-state index in [4.69, 9.17) is 9.84 Å². The number of aliphatic hydroxyl groups excluding tert-OH is 1. The van der Waals surface area contributed by atoms with E-state index in [9.17, 15) is 4.79 Å². The number of ether oxygens (including phenoxy) is 1. The summed E-state index contributed by atoms with van der Waals surface area (Å²) in [7, 11) is 1.59. The molecule has 1 amide bonds. The number of rotatable bonds is 4. The predicted molar refractivity (Wildman–Crippen MR) is 48.3 cm³/mol. The topological polar surface area (TPSA) is 49.8 Å². The third-order valence-electron chi connectivity index (χ3n) is 2.42. The molecule has 1 atom stereocenters. The maximum absolute atomic E-state index is 11.4. The fourth-order valence-corrected chi connectivity index (χ4v) is 1.56. The average Bonchev–Trinajstić information content (AvgIpc) is 2.62. The van der Waals surface area contributed by atoms with Gasteiger partial charge >= 0.3 is 0 Å². The zero-order chi connectivity index (χ0) is 9.68. The molecule has 0 radical (unpaired) electrons. The zero-order valence-electron chi connectivity index (χ0n) is 8.03. The third-order valence-corrected chi connectivity index (χ3v) is 2.42. The Morgan fingerprint density at radius 1 is 1.69 bits per heavy atom. The molecule has 1 aliphatic rings. The van der Waals surface area contributed by atoms with Gasteiger partial charge in [-0.25, -0.2) is 0 Å². The Morgan fingerprint density at radius 3 is 3.00 bits per heavy atom. The van der Waals surface area contributed by atoms with Gasteiger partial charge in [-0.2, -0.15) is 0 Å². The van der Waals surface area contributed by atoms with Crippen LogP contribution in [0.3, 0.4) is 0 Å². The molecule has 0 spiro atoms. The summed E-state index contributed by atoms with van der Waals surface area (Å²) in [6, 6.07) is 0. The molecule has 0 saturated carbocycles. The van der Waals surface area contributed by atoms with Gasteiger partial charge in [0.1, 0.15) is 0 Å². The molecule has 1 unspecified atom stereocenters. The van der Waals surface area contributed by atoms with Gasteiger partial charge in [0.25, 0.3) is 0 Å². The van der Waals surface area contributed by atoms with E-state index in [1.54, 1.807) is 12.0 Å². The molecule has 4 nitrogen and oxygen atoms in total. The van der Waals surface area contributed by atoms with E-state index >= 15 is 0 Å². The van der Waals surface area contributed by atoms with Gasteiger partial charge in [-0.15, -0.1) is 0 Å². The highest BCUT2D eigenvalue weighted by Crippen LogP contribution is 2.15. The van der Waals surface area contributed by atoms with Gasteiger partial charge in [0, 0.05) is 32.7 Å². The number of likely N-dealkylation sites (tertiary alicyclic amines) is 1. The molecular formula is C9H17NO3. The van der Waals surface area contributed by atoms with E-state index in [0.29, 0.717) is 19.6 Å². The van der Waals surface area contributed by atoms with Crippen LogP contribution in [0.15, 0.2) is 0 Å². The number of amides is 1. The van der Waals surface area contributed by atoms with Crippen LogP contribution in [0.2, 0.25) is 0 Å². The van der Waals surface area contributed by atoms with Gasteiger partial charge in [-0.05, 0) is 6.42 Å². The molecule has 1 N–H and O–H groups in total. The van der Waals surface area contributed by atoms with Gasteiger partial charge in [-0.3, -0.25) is 4.79 Å². The van der Waals surface area contributed by atoms with Crippen molar-refractivity contribution in [3.8, 4) is 0 Å². The summed E-state index contributed by atoms with van der Waals surface area (Å²) in [6.07, 6.45) is 1.38. The molecule has 13 heavy (non-hydrogen) atoms. The highest BCUT2D eigenvalue weighted by Gasteiger charge is 2.24. The number of aliphatic hydroxyl groups is 1. The fraction of sp³-hybridized carbons (Fsp3) is 0.889. The minimum Gasteiger partial charge on any atom is -0.396 e. The number of hydrogen-bond acceptors (Lipinski definition) is 3. The number of nitrogens with zero attached hydrogens (tertiary/aromatic N) is 1. The van der Waals surface area contributed by atoms with E-state index in [-0.39, 0.29) is 18.4 Å². The lowest BCUT2D eigenvalue weighted by atomic mass is 10.1. The van der Waals surface area contributed by atoms with Crippen molar-refractivity contribution in [1.82, 2.24) is 4.90 Å². The van der Waals surface area contributed by atoms with Crippen LogP contribution in [0, 0.1) is 5.92 Å². The van der Waals surface area contributed by atoms with Gasteiger partial charge in [0.2, 0.25) is 5.91 Å². The number of hydrogen-bond donors (Lipinski definition) is 1. The largest absolute Gasteiger partial charge is 0.396 e. The first-order valence-corrected chi connectivity index (χ1v) is 4.65. The molecule has 0 bridgehead atoms. The third kappa shape index (κ3) is 2.97. The monoisotopic (exact) mass is 187 g/mol. The van der Waals surface area contributed by atoms with Crippen LogP contribution in [-0.4, -0.2) is 49.3 Å². The number of methoxy groups -OCH3 is 1. The smallest absolute Gasteiger partial charge is 0.224 e. The van der Waals surface area contributed by atoms with E-state index in [1.165, 1.54) is 0 Å². The van der Waals surface area contributed by atoms with Crippen molar-refractivity contribution in [3.63, 3.8) is 0 Å². The minimum absolute atomic E-state index is 0.137. The van der Waals surface area contributed by atoms with Crippen LogP contribution >= 0.6 is 0 Å². The lowest BCUT2D eigenvalue weighted by Crippen LogP contribution is -2.29. The Hall–Kier alpha value is -0.610. The van der Waals surface area contributed by atoms with Crippen LogP contribution in [0.5, 0.6) is 0 Å². The summed E-state index contributed by atoms with van der Waals surface area (Å²) >= 11 is 0. The predicted octanol–water partition coefficient (Wildman–Crippen LogP) is -0.136. The molecule has 1 fully saturated rings. The number of carbonyl (C=O) groups excluding carboxylic acids is 1. The Kier molecular flexibility index (Phi) is 4.18. The van der Waals surface area contributed by atoms with Crippen molar-refractivity contribution in [2.75, 3.05) is 33.4 Å². The maximum Gasteiger partial charge on any atom is 0.224 e. The standard InChI is InChI=1S/C9H17NO3/c1-13-5-3-9(12)10-4-2-8(6-10)7-11/h8,11H,2-7H2,1H3. The lowest BCUT2D eigenvalue weighted by Gasteiger charge is -2.15. The van der Waals surface area contributed by atoms with Crippen molar-refractivity contribution in [2.45, 2.75) is 12.8 Å². The molecule has 0 aromatic rings. The number of carbonyl (C=O) groups is 1. The normalized spacial score (nSPS) is 22.3. The second kappa shape index (κ2) is 5.19. The molecule has 0 aliphatic carbocycles. The Bertz CT molecular complexity index is 172. The van der Waals surface area contributed by atoms with Crippen molar-refractivity contribution in [3.05, 3.63) is 0 Å². The first-order valence-electron chi connectivity index (χ1n) is 4.65. The van der Waals surface area contributed by atoms with E-state index in [0.717, 1.165) is 13.0 Å². The SMILES string of the molecule is COCCC(=O)N1CCC(CO)C1. The Balaban J connectivity index is 2.25. The van der Waals surface area contributed by atoms with Crippen LogP contribution in [-0.2, 0) is 9.53 Å². The molecule has 1 rings (SSSR count). The first kappa shape index (κ1) is 10.5. The zero-order valence-corrected chi connectivity index (χ0v) is 8.03. The molecule has 76 valence electrons. The van der Waals surface area contributed by atoms with Crippen molar-refractivity contribution in [1.29, 1.82) is 0 Å². The van der Waals surface area contributed by atoms with Crippen LogP contribution < -0.4 is 0 Å². The van der Waals surface area contributed by atoms with E-state index in [1.807, 2.05) is 0 Å². The minimum atomic E-state index is 0.137. The van der Waals surface area contributed by atoms with Crippen molar-refractivity contribution >= 4 is 5.91 Å². The van der Waals surface area contributed by atoms with E-state index in [2.05, 4.69) is 0 Å². The summed E-state index contributed by atoms with van der Waals surface area (Å²) in [6.45, 7) is 2.17. The fourth-order valence-electron chi connectivity index (χ4n) is 1.56. The molecule has 1 heterocycles. The molecule has 1 saturated heterocycles. The summed E-state index contributed by atoms with van der Waals surface area (Å²) in [5.41, 5.74) is 0. The van der Waals surface area contributed by atoms with Gasteiger partial charge in [0.05, 0.1) is 13.0 Å². The molecule has 4 heteroatoms.